The highest BCUT2D eigenvalue weighted by Gasteiger charge is 2.48. The Bertz CT molecular complexity index is 1160. The molecule has 5 atom stereocenters. The van der Waals surface area contributed by atoms with Crippen LogP contribution in [0.25, 0.3) is 0 Å². The second-order valence-corrected chi connectivity index (χ2v) is 12.0. The SMILES string of the molecule is C[C@@H](OC1CCC2NNC(c3ccc(N4CC5(CCN(C)CC5)OC4=O)nc3)C2C1)c1c(Cl)cncc1Cl. The van der Waals surface area contributed by atoms with Crippen LogP contribution in [0.5, 0.6) is 0 Å². The van der Waals surface area contributed by atoms with Crippen molar-refractivity contribution < 1.29 is 14.3 Å². The lowest BCUT2D eigenvalue weighted by Gasteiger charge is -2.35. The van der Waals surface area contributed by atoms with Gasteiger partial charge in [0.25, 0.3) is 0 Å². The Labute approximate surface area is 233 Å². The first-order valence-corrected chi connectivity index (χ1v) is 14.2. The lowest BCUT2D eigenvalue weighted by atomic mass is 9.78. The molecule has 3 aliphatic heterocycles. The fourth-order valence-corrected chi connectivity index (χ4v) is 7.14. The Morgan fingerprint density at radius 1 is 1.13 bits per heavy atom. The molecule has 9 nitrogen and oxygen atoms in total. The summed E-state index contributed by atoms with van der Waals surface area (Å²) < 4.78 is 12.3. The Hall–Kier alpha value is -2.01. The molecule has 3 saturated heterocycles. The summed E-state index contributed by atoms with van der Waals surface area (Å²) in [6.45, 7) is 4.41. The third-order valence-corrected chi connectivity index (χ3v) is 9.27. The van der Waals surface area contributed by atoms with E-state index in [9.17, 15) is 4.79 Å². The first kappa shape index (κ1) is 26.2. The maximum absolute atomic E-state index is 12.7. The average Bonchev–Trinajstić information content (AvgIpc) is 3.46. The molecule has 4 aliphatic rings. The van der Waals surface area contributed by atoms with E-state index in [1.165, 1.54) is 0 Å². The smallest absolute Gasteiger partial charge is 0.416 e. The molecular formula is C27H34Cl2N6O3. The molecule has 1 spiro atoms. The number of aromatic nitrogens is 2. The van der Waals surface area contributed by atoms with Gasteiger partial charge in [-0.25, -0.2) is 15.2 Å². The van der Waals surface area contributed by atoms with E-state index >= 15 is 0 Å². The molecule has 6 rings (SSSR count). The Kier molecular flexibility index (Phi) is 7.26. The summed E-state index contributed by atoms with van der Waals surface area (Å²) in [5.74, 6) is 0.984. The number of likely N-dealkylation sites (tertiary alicyclic amines) is 1. The summed E-state index contributed by atoms with van der Waals surface area (Å²) in [5.41, 5.74) is 8.43. The zero-order valence-electron chi connectivity index (χ0n) is 21.7. The minimum atomic E-state index is -0.396. The number of amides is 1. The fraction of sp³-hybridized carbons (Fsp3) is 0.593. The molecule has 1 saturated carbocycles. The van der Waals surface area contributed by atoms with Crippen molar-refractivity contribution in [2.24, 2.45) is 5.92 Å². The van der Waals surface area contributed by atoms with Gasteiger partial charge < -0.3 is 14.4 Å². The van der Waals surface area contributed by atoms with Crippen molar-refractivity contribution in [1.29, 1.82) is 0 Å². The van der Waals surface area contributed by atoms with Gasteiger partial charge in [-0.15, -0.1) is 0 Å². The summed E-state index contributed by atoms with van der Waals surface area (Å²) in [6.07, 6.45) is 9.22. The van der Waals surface area contributed by atoms with E-state index in [-0.39, 0.29) is 24.3 Å². The van der Waals surface area contributed by atoms with Crippen molar-refractivity contribution in [2.75, 3.05) is 31.6 Å². The molecule has 2 N–H and O–H groups in total. The molecule has 204 valence electrons. The summed E-state index contributed by atoms with van der Waals surface area (Å²) in [5, 5.41) is 1.05. The zero-order chi connectivity index (χ0) is 26.4. The maximum atomic E-state index is 12.7. The van der Waals surface area contributed by atoms with Gasteiger partial charge in [0.1, 0.15) is 11.4 Å². The van der Waals surface area contributed by atoms with Crippen LogP contribution in [0.1, 0.15) is 62.3 Å². The highest BCUT2D eigenvalue weighted by molar-refractivity contribution is 6.35. The highest BCUT2D eigenvalue weighted by atomic mass is 35.5. The van der Waals surface area contributed by atoms with Gasteiger partial charge in [-0.2, -0.15) is 0 Å². The molecule has 4 fully saturated rings. The third-order valence-electron chi connectivity index (χ3n) is 8.67. The zero-order valence-corrected chi connectivity index (χ0v) is 23.2. The van der Waals surface area contributed by atoms with Crippen LogP contribution in [-0.4, -0.2) is 65.4 Å². The van der Waals surface area contributed by atoms with Crippen LogP contribution in [0.4, 0.5) is 10.6 Å². The summed E-state index contributed by atoms with van der Waals surface area (Å²) in [7, 11) is 2.10. The van der Waals surface area contributed by atoms with Crippen molar-refractivity contribution in [3.05, 3.63) is 51.9 Å². The largest absolute Gasteiger partial charge is 0.440 e. The van der Waals surface area contributed by atoms with Crippen LogP contribution >= 0.6 is 23.2 Å². The number of ether oxygens (including phenoxy) is 2. The van der Waals surface area contributed by atoms with Crippen LogP contribution in [0.2, 0.25) is 10.0 Å². The first-order valence-electron chi connectivity index (χ1n) is 13.4. The van der Waals surface area contributed by atoms with Crippen LogP contribution in [0, 0.1) is 5.92 Å². The number of fused-ring (bicyclic) bond motifs is 1. The molecule has 0 bridgehead atoms. The lowest BCUT2D eigenvalue weighted by Crippen LogP contribution is -2.45. The fourth-order valence-electron chi connectivity index (χ4n) is 6.46. The van der Waals surface area contributed by atoms with E-state index in [2.05, 4.69) is 33.8 Å². The maximum Gasteiger partial charge on any atom is 0.416 e. The first-order chi connectivity index (χ1) is 18.3. The van der Waals surface area contributed by atoms with Crippen LogP contribution in [-0.2, 0) is 9.47 Å². The minimum Gasteiger partial charge on any atom is -0.440 e. The Balaban J connectivity index is 1.11. The summed E-state index contributed by atoms with van der Waals surface area (Å²) in [6, 6.07) is 4.47. The molecule has 0 aromatic carbocycles. The van der Waals surface area contributed by atoms with Crippen LogP contribution in [0.15, 0.2) is 30.7 Å². The van der Waals surface area contributed by atoms with Crippen LogP contribution < -0.4 is 15.8 Å². The van der Waals surface area contributed by atoms with Gasteiger partial charge in [0.05, 0.1) is 34.8 Å². The number of hydrogen-bond donors (Lipinski definition) is 2. The number of nitrogens with one attached hydrogen (secondary N) is 2. The molecule has 2 aromatic rings. The van der Waals surface area contributed by atoms with Crippen molar-refractivity contribution in [2.45, 2.75) is 68.9 Å². The van der Waals surface area contributed by atoms with E-state index in [0.717, 1.165) is 56.3 Å². The Morgan fingerprint density at radius 3 is 2.61 bits per heavy atom. The summed E-state index contributed by atoms with van der Waals surface area (Å²) >= 11 is 12.7. The molecule has 1 aliphatic carbocycles. The molecule has 2 aromatic heterocycles. The molecule has 11 heteroatoms. The van der Waals surface area contributed by atoms with Gasteiger partial charge in [0.15, 0.2) is 0 Å². The standard InChI is InChI=1S/C27H34Cl2N6O3/c1-16(24-20(28)13-30-14-21(24)29)37-18-4-5-22-19(11-18)25(33-32-22)17-3-6-23(31-12-17)35-15-27(38-26(35)36)7-9-34(2)10-8-27/h3,6,12-14,16,18-19,22,25,32-33H,4-5,7-11,15H2,1-2H3/t16-,18?,19?,22?,25?/m1/s1. The molecule has 1 amide bonds. The second-order valence-electron chi connectivity index (χ2n) is 11.2. The number of carbonyl (C=O) groups is 1. The second kappa shape index (κ2) is 10.5. The molecule has 38 heavy (non-hydrogen) atoms. The molecule has 5 heterocycles. The Morgan fingerprint density at radius 2 is 1.89 bits per heavy atom. The van der Waals surface area contributed by atoms with Gasteiger partial charge in [0.2, 0.25) is 0 Å². The number of halogens is 2. The molecule has 0 radical (unpaired) electrons. The van der Waals surface area contributed by atoms with E-state index in [0.29, 0.717) is 34.4 Å². The van der Waals surface area contributed by atoms with Gasteiger partial charge in [0, 0.05) is 56.1 Å². The number of anilines is 1. The van der Waals surface area contributed by atoms with Crippen molar-refractivity contribution in [3.8, 4) is 0 Å². The van der Waals surface area contributed by atoms with Gasteiger partial charge in [-0.1, -0.05) is 29.3 Å². The van der Waals surface area contributed by atoms with E-state index in [1.54, 1.807) is 17.3 Å². The number of hydrogen-bond acceptors (Lipinski definition) is 8. The minimum absolute atomic E-state index is 0.0908. The van der Waals surface area contributed by atoms with Gasteiger partial charge >= 0.3 is 6.09 Å². The average molecular weight is 562 g/mol. The van der Waals surface area contributed by atoms with E-state index in [4.69, 9.17) is 37.7 Å². The van der Waals surface area contributed by atoms with E-state index < -0.39 is 5.60 Å². The van der Waals surface area contributed by atoms with Crippen molar-refractivity contribution >= 4 is 35.1 Å². The summed E-state index contributed by atoms with van der Waals surface area (Å²) in [4.78, 5) is 25.4. The van der Waals surface area contributed by atoms with Crippen LogP contribution in [0.3, 0.4) is 0 Å². The molecular weight excluding hydrogens is 527 g/mol. The normalized spacial score (nSPS) is 29.9. The third kappa shape index (κ3) is 5.00. The molecule has 4 unspecified atom stereocenters. The van der Waals surface area contributed by atoms with Gasteiger partial charge in [-0.3, -0.25) is 15.3 Å². The topological polar surface area (TPSA) is 91.8 Å². The lowest BCUT2D eigenvalue weighted by molar-refractivity contribution is -0.0370. The number of carbonyl (C=O) groups excluding carboxylic acids is 1. The number of piperidine rings is 1. The highest BCUT2D eigenvalue weighted by Crippen LogP contribution is 2.42. The predicted molar refractivity (Wildman–Crippen MR) is 145 cm³/mol. The number of pyridine rings is 2. The number of hydrazine groups is 1. The monoisotopic (exact) mass is 560 g/mol. The van der Waals surface area contributed by atoms with Crippen molar-refractivity contribution in [1.82, 2.24) is 25.7 Å². The van der Waals surface area contributed by atoms with E-state index in [1.807, 2.05) is 19.2 Å². The quantitative estimate of drug-likeness (QED) is 0.545. The van der Waals surface area contributed by atoms with Crippen molar-refractivity contribution in [3.63, 3.8) is 0 Å². The number of nitrogens with zero attached hydrogens (tertiary/aromatic N) is 4. The van der Waals surface area contributed by atoms with Gasteiger partial charge in [-0.05, 0) is 50.8 Å². The number of rotatable bonds is 5. The predicted octanol–water partition coefficient (Wildman–Crippen LogP) is 4.67.